The first kappa shape index (κ1) is 25.3. The highest BCUT2D eigenvalue weighted by molar-refractivity contribution is 5.70. The van der Waals surface area contributed by atoms with Crippen LogP contribution in [0.4, 0.5) is 4.79 Å². The van der Waals surface area contributed by atoms with E-state index >= 15 is 0 Å². The van der Waals surface area contributed by atoms with Gasteiger partial charge in [0.25, 0.3) is 0 Å². The minimum absolute atomic E-state index is 0.0612. The molecule has 2 aliphatic heterocycles. The highest BCUT2D eigenvalue weighted by Crippen LogP contribution is 2.30. The van der Waals surface area contributed by atoms with Crippen LogP contribution in [0.5, 0.6) is 5.75 Å². The van der Waals surface area contributed by atoms with E-state index < -0.39 is 5.60 Å². The first-order chi connectivity index (χ1) is 15.7. The molecule has 0 atom stereocenters. The van der Waals surface area contributed by atoms with Gasteiger partial charge >= 0.3 is 12.1 Å². The second-order valence-electron chi connectivity index (χ2n) is 10.2. The number of amides is 1. The summed E-state index contributed by atoms with van der Waals surface area (Å²) in [6.45, 7) is 10.7. The normalized spacial score (nSPS) is 18.7. The van der Waals surface area contributed by atoms with Crippen molar-refractivity contribution in [2.45, 2.75) is 64.4 Å². The Hall–Kier alpha value is -2.28. The Morgan fingerprint density at radius 3 is 2.18 bits per heavy atom. The third-order valence-electron chi connectivity index (χ3n) is 6.64. The fourth-order valence-electron chi connectivity index (χ4n) is 4.62. The average Bonchev–Trinajstić information content (AvgIpc) is 2.81. The summed E-state index contributed by atoms with van der Waals surface area (Å²) >= 11 is 0. The van der Waals surface area contributed by atoms with Gasteiger partial charge in [-0.2, -0.15) is 0 Å². The SMILES string of the molecule is COC(=O)COc1ccc(C2CCN(CCC3CCN(C(=O)OC(C)(C)C)CC3)CC2)cc1. The minimum atomic E-state index is -0.430. The lowest BCUT2D eigenvalue weighted by molar-refractivity contribution is -0.142. The van der Waals surface area contributed by atoms with Crippen molar-refractivity contribution < 1.29 is 23.8 Å². The number of nitrogens with zero attached hydrogens (tertiary/aromatic N) is 2. The van der Waals surface area contributed by atoms with Crippen LogP contribution in [0.15, 0.2) is 24.3 Å². The Bertz CT molecular complexity index is 758. The Kier molecular flexibility index (Phi) is 9.01. The van der Waals surface area contributed by atoms with E-state index in [1.165, 1.54) is 31.9 Å². The first-order valence-corrected chi connectivity index (χ1v) is 12.2. The van der Waals surface area contributed by atoms with Crippen molar-refractivity contribution in [1.82, 2.24) is 9.80 Å². The maximum Gasteiger partial charge on any atom is 0.410 e. The largest absolute Gasteiger partial charge is 0.482 e. The number of hydrogen-bond acceptors (Lipinski definition) is 6. The summed E-state index contributed by atoms with van der Waals surface area (Å²) in [6, 6.07) is 8.11. The van der Waals surface area contributed by atoms with Gasteiger partial charge in [-0.3, -0.25) is 0 Å². The van der Waals surface area contributed by atoms with Crippen LogP contribution >= 0.6 is 0 Å². The molecule has 0 spiro atoms. The van der Waals surface area contributed by atoms with Gasteiger partial charge in [0.05, 0.1) is 7.11 Å². The lowest BCUT2D eigenvalue weighted by Crippen LogP contribution is -2.42. The lowest BCUT2D eigenvalue weighted by atomic mass is 9.88. The van der Waals surface area contributed by atoms with Gasteiger partial charge in [0.2, 0.25) is 0 Å². The van der Waals surface area contributed by atoms with Gasteiger partial charge in [-0.15, -0.1) is 0 Å². The van der Waals surface area contributed by atoms with Gasteiger partial charge in [0.1, 0.15) is 11.4 Å². The summed E-state index contributed by atoms with van der Waals surface area (Å²) in [5, 5.41) is 0. The molecule has 2 heterocycles. The molecule has 33 heavy (non-hydrogen) atoms. The Balaban J connectivity index is 1.33. The van der Waals surface area contributed by atoms with Crippen molar-refractivity contribution >= 4 is 12.1 Å². The zero-order chi connectivity index (χ0) is 23.8. The molecule has 2 saturated heterocycles. The van der Waals surface area contributed by atoms with E-state index in [9.17, 15) is 9.59 Å². The second-order valence-corrected chi connectivity index (χ2v) is 10.2. The van der Waals surface area contributed by atoms with E-state index in [-0.39, 0.29) is 18.7 Å². The lowest BCUT2D eigenvalue weighted by Gasteiger charge is -2.36. The van der Waals surface area contributed by atoms with Crippen LogP contribution in [0.25, 0.3) is 0 Å². The highest BCUT2D eigenvalue weighted by atomic mass is 16.6. The number of benzene rings is 1. The smallest absolute Gasteiger partial charge is 0.410 e. The van der Waals surface area contributed by atoms with Crippen molar-refractivity contribution in [2.75, 3.05) is 46.4 Å². The van der Waals surface area contributed by atoms with Crippen molar-refractivity contribution in [2.24, 2.45) is 5.92 Å². The molecule has 0 saturated carbocycles. The molecule has 0 radical (unpaired) electrons. The summed E-state index contributed by atoms with van der Waals surface area (Å²) in [5.41, 5.74) is 0.912. The monoisotopic (exact) mass is 460 g/mol. The molecule has 7 heteroatoms. The van der Waals surface area contributed by atoms with Crippen LogP contribution in [-0.2, 0) is 14.3 Å². The minimum Gasteiger partial charge on any atom is -0.482 e. The highest BCUT2D eigenvalue weighted by Gasteiger charge is 2.27. The number of methoxy groups -OCH3 is 1. The summed E-state index contributed by atoms with van der Waals surface area (Å²) < 4.78 is 15.5. The predicted molar refractivity (Wildman–Crippen MR) is 128 cm³/mol. The van der Waals surface area contributed by atoms with Gasteiger partial charge in [-0.1, -0.05) is 12.1 Å². The third kappa shape index (κ3) is 8.22. The zero-order valence-electron chi connectivity index (χ0n) is 20.7. The molecule has 1 aromatic rings. The second kappa shape index (κ2) is 11.7. The number of carbonyl (C=O) groups is 2. The van der Waals surface area contributed by atoms with E-state index in [2.05, 4.69) is 21.8 Å². The van der Waals surface area contributed by atoms with Crippen molar-refractivity contribution in [1.29, 1.82) is 0 Å². The van der Waals surface area contributed by atoms with Crippen LogP contribution in [0.3, 0.4) is 0 Å². The average molecular weight is 461 g/mol. The van der Waals surface area contributed by atoms with E-state index in [1.54, 1.807) is 0 Å². The molecule has 7 nitrogen and oxygen atoms in total. The van der Waals surface area contributed by atoms with Crippen LogP contribution in [0.2, 0.25) is 0 Å². The number of piperidine rings is 2. The predicted octanol–water partition coefficient (Wildman–Crippen LogP) is 4.46. The van der Waals surface area contributed by atoms with Crippen LogP contribution in [0.1, 0.15) is 64.4 Å². The van der Waals surface area contributed by atoms with Crippen molar-refractivity contribution in [3.63, 3.8) is 0 Å². The number of rotatable bonds is 7. The summed E-state index contributed by atoms with van der Waals surface area (Å²) in [5.74, 6) is 1.59. The van der Waals surface area contributed by atoms with Gasteiger partial charge in [0, 0.05) is 13.1 Å². The summed E-state index contributed by atoms with van der Waals surface area (Å²) in [4.78, 5) is 27.9. The van der Waals surface area contributed by atoms with Crippen LogP contribution in [0, 0.1) is 5.92 Å². The van der Waals surface area contributed by atoms with Gasteiger partial charge in [-0.05, 0) is 102 Å². The molecule has 1 amide bonds. The zero-order valence-corrected chi connectivity index (χ0v) is 20.7. The first-order valence-electron chi connectivity index (χ1n) is 12.2. The Morgan fingerprint density at radius 2 is 1.61 bits per heavy atom. The summed E-state index contributed by atoms with van der Waals surface area (Å²) in [7, 11) is 1.36. The number of carbonyl (C=O) groups excluding carboxylic acids is 2. The molecule has 0 unspecified atom stereocenters. The van der Waals surface area contributed by atoms with Crippen LogP contribution < -0.4 is 4.74 Å². The van der Waals surface area contributed by atoms with Gasteiger partial charge < -0.3 is 24.0 Å². The quantitative estimate of drug-likeness (QED) is 0.560. The van der Waals surface area contributed by atoms with E-state index in [1.807, 2.05) is 37.8 Å². The Labute approximate surface area is 198 Å². The molecule has 184 valence electrons. The van der Waals surface area contributed by atoms with Crippen LogP contribution in [-0.4, -0.2) is 73.9 Å². The Morgan fingerprint density at radius 1 is 0.970 bits per heavy atom. The van der Waals surface area contributed by atoms with E-state index in [0.29, 0.717) is 17.6 Å². The molecule has 1 aromatic carbocycles. The fourth-order valence-corrected chi connectivity index (χ4v) is 4.62. The molecular weight excluding hydrogens is 420 g/mol. The van der Waals surface area contributed by atoms with Gasteiger partial charge in [0.15, 0.2) is 6.61 Å². The van der Waals surface area contributed by atoms with E-state index in [0.717, 1.165) is 45.6 Å². The maximum absolute atomic E-state index is 12.2. The van der Waals surface area contributed by atoms with Gasteiger partial charge in [-0.25, -0.2) is 9.59 Å². The number of ether oxygens (including phenoxy) is 3. The fraction of sp³-hybridized carbons (Fsp3) is 0.692. The molecule has 2 fully saturated rings. The molecule has 0 bridgehead atoms. The number of esters is 1. The van der Waals surface area contributed by atoms with Crippen molar-refractivity contribution in [3.05, 3.63) is 29.8 Å². The van der Waals surface area contributed by atoms with E-state index in [4.69, 9.17) is 9.47 Å². The summed E-state index contributed by atoms with van der Waals surface area (Å²) in [6.07, 6.45) is 5.50. The van der Waals surface area contributed by atoms with Crippen molar-refractivity contribution in [3.8, 4) is 5.75 Å². The number of hydrogen-bond donors (Lipinski definition) is 0. The molecule has 2 aliphatic rings. The molecule has 0 aromatic heterocycles. The topological polar surface area (TPSA) is 68.3 Å². The third-order valence-corrected chi connectivity index (χ3v) is 6.64. The maximum atomic E-state index is 12.2. The molecular formula is C26H40N2O5. The molecule has 0 aliphatic carbocycles. The number of likely N-dealkylation sites (tertiary alicyclic amines) is 2. The standard InChI is InChI=1S/C26H40N2O5/c1-26(2,3)33-25(30)28-17-10-20(11-18-28)9-14-27-15-12-22(13-16-27)21-5-7-23(8-6-21)32-19-24(29)31-4/h5-8,20,22H,9-19H2,1-4H3. The molecule has 3 rings (SSSR count). The molecule has 0 N–H and O–H groups in total.